The number of nitrogens with zero attached hydrogens (tertiary/aromatic N) is 2. The first-order valence-corrected chi connectivity index (χ1v) is 9.67. The number of hydrogen-bond donors (Lipinski definition) is 1. The first-order chi connectivity index (χ1) is 12.9. The summed E-state index contributed by atoms with van der Waals surface area (Å²) in [6, 6.07) is 9.94. The topological polar surface area (TPSA) is 57.8 Å². The monoisotopic (exact) mass is 381 g/mol. The Labute approximate surface area is 165 Å². The molecule has 27 heavy (non-hydrogen) atoms. The summed E-state index contributed by atoms with van der Waals surface area (Å²) in [4.78, 5) is 12.6. The summed E-state index contributed by atoms with van der Waals surface area (Å²) in [6.07, 6.45) is 6.59. The van der Waals surface area contributed by atoms with Gasteiger partial charge in [0.25, 0.3) is 5.91 Å². The molecule has 0 bridgehead atoms. The molecule has 0 spiro atoms. The van der Waals surface area contributed by atoms with Crippen molar-refractivity contribution in [3.63, 3.8) is 0 Å². The molecule has 3 rings (SSSR count). The van der Waals surface area contributed by atoms with Gasteiger partial charge in [0.2, 0.25) is 0 Å². The average molecular weight is 382 g/mol. The summed E-state index contributed by atoms with van der Waals surface area (Å²) in [5.74, 6) is -0.423. The van der Waals surface area contributed by atoms with Gasteiger partial charge in [-0.05, 0) is 69.0 Å². The molecule has 1 fully saturated rings. The average Bonchev–Trinajstić information content (AvgIpc) is 3.24. The standard InChI is InChI=1S/C22H24ClN3O/c1-14-11-17(16(3)26(14)19-7-4-5-8-19)12-18(13-24)22(27)25-21-10-6-9-20(23)15(21)2/h6,9-12,19H,4-5,7-8H2,1-3H3,(H,25,27)/b18-12-. The first kappa shape index (κ1) is 19.3. The number of halogens is 1. The second kappa shape index (κ2) is 8.02. The second-order valence-corrected chi connectivity index (χ2v) is 7.58. The Balaban J connectivity index is 1.88. The van der Waals surface area contributed by atoms with Crippen molar-refractivity contribution >= 4 is 29.3 Å². The fourth-order valence-corrected chi connectivity index (χ4v) is 4.08. The van der Waals surface area contributed by atoms with Crippen LogP contribution in [0.25, 0.3) is 6.08 Å². The Morgan fingerprint density at radius 3 is 2.67 bits per heavy atom. The highest BCUT2D eigenvalue weighted by molar-refractivity contribution is 6.31. The number of carbonyl (C=O) groups excluding carboxylic acids is 1. The molecule has 0 unspecified atom stereocenters. The van der Waals surface area contributed by atoms with Crippen molar-refractivity contribution in [2.75, 3.05) is 5.32 Å². The van der Waals surface area contributed by atoms with Crippen LogP contribution in [0.2, 0.25) is 5.02 Å². The van der Waals surface area contributed by atoms with Gasteiger partial charge in [-0.1, -0.05) is 30.5 Å². The molecule has 1 aromatic carbocycles. The van der Waals surface area contributed by atoms with E-state index >= 15 is 0 Å². The van der Waals surface area contributed by atoms with E-state index in [-0.39, 0.29) is 5.57 Å². The van der Waals surface area contributed by atoms with Gasteiger partial charge in [-0.15, -0.1) is 0 Å². The van der Waals surface area contributed by atoms with E-state index in [0.29, 0.717) is 16.8 Å². The predicted molar refractivity (Wildman–Crippen MR) is 110 cm³/mol. The molecule has 0 radical (unpaired) electrons. The number of hydrogen-bond acceptors (Lipinski definition) is 2. The Kier molecular flexibility index (Phi) is 5.72. The van der Waals surface area contributed by atoms with Crippen molar-refractivity contribution in [2.24, 2.45) is 0 Å². The van der Waals surface area contributed by atoms with E-state index in [0.717, 1.165) is 16.8 Å². The van der Waals surface area contributed by atoms with E-state index < -0.39 is 5.91 Å². The van der Waals surface area contributed by atoms with Gasteiger partial charge < -0.3 is 9.88 Å². The van der Waals surface area contributed by atoms with E-state index in [9.17, 15) is 10.1 Å². The minimum Gasteiger partial charge on any atom is -0.346 e. The maximum atomic E-state index is 12.6. The van der Waals surface area contributed by atoms with Gasteiger partial charge in [0, 0.05) is 28.1 Å². The number of amides is 1. The summed E-state index contributed by atoms with van der Waals surface area (Å²) in [6.45, 7) is 5.98. The Morgan fingerprint density at radius 2 is 2.00 bits per heavy atom. The fraction of sp³-hybridized carbons (Fsp3) is 0.364. The zero-order valence-corrected chi connectivity index (χ0v) is 16.7. The smallest absolute Gasteiger partial charge is 0.266 e. The van der Waals surface area contributed by atoms with Crippen molar-refractivity contribution < 1.29 is 4.79 Å². The zero-order valence-electron chi connectivity index (χ0n) is 16.0. The highest BCUT2D eigenvalue weighted by Crippen LogP contribution is 2.34. The van der Waals surface area contributed by atoms with Crippen molar-refractivity contribution in [1.82, 2.24) is 4.57 Å². The summed E-state index contributed by atoms with van der Waals surface area (Å²) in [5.41, 5.74) is 4.69. The number of anilines is 1. The molecule has 1 aromatic heterocycles. The lowest BCUT2D eigenvalue weighted by Crippen LogP contribution is -2.14. The number of aryl methyl sites for hydroxylation is 1. The molecule has 1 N–H and O–H groups in total. The molecule has 1 heterocycles. The Hall–Kier alpha value is -2.51. The van der Waals surface area contributed by atoms with E-state index in [2.05, 4.69) is 29.8 Å². The van der Waals surface area contributed by atoms with Crippen LogP contribution in [0.3, 0.4) is 0 Å². The van der Waals surface area contributed by atoms with Crippen molar-refractivity contribution in [3.8, 4) is 6.07 Å². The number of benzene rings is 1. The number of rotatable bonds is 4. The van der Waals surface area contributed by atoms with Gasteiger partial charge in [-0.25, -0.2) is 0 Å². The Bertz CT molecular complexity index is 943. The number of carbonyl (C=O) groups is 1. The van der Waals surface area contributed by atoms with Crippen LogP contribution in [0.5, 0.6) is 0 Å². The highest BCUT2D eigenvalue weighted by Gasteiger charge is 2.21. The second-order valence-electron chi connectivity index (χ2n) is 7.17. The maximum absolute atomic E-state index is 12.6. The fourth-order valence-electron chi connectivity index (χ4n) is 3.91. The quantitative estimate of drug-likeness (QED) is 0.543. The molecule has 140 valence electrons. The van der Waals surface area contributed by atoms with Gasteiger partial charge in [0.05, 0.1) is 0 Å². The first-order valence-electron chi connectivity index (χ1n) is 9.29. The zero-order chi connectivity index (χ0) is 19.6. The SMILES string of the molecule is Cc1c(Cl)cccc1NC(=O)/C(C#N)=C\c1cc(C)n(C2CCCC2)c1C. The van der Waals surface area contributed by atoms with Gasteiger partial charge in [0.15, 0.2) is 0 Å². The summed E-state index contributed by atoms with van der Waals surface area (Å²) >= 11 is 6.11. The highest BCUT2D eigenvalue weighted by atomic mass is 35.5. The van der Waals surface area contributed by atoms with E-state index in [4.69, 9.17) is 11.6 Å². The van der Waals surface area contributed by atoms with Crippen molar-refractivity contribution in [3.05, 3.63) is 57.4 Å². The molecule has 1 saturated carbocycles. The third kappa shape index (κ3) is 3.94. The maximum Gasteiger partial charge on any atom is 0.266 e. The van der Waals surface area contributed by atoms with Crippen LogP contribution < -0.4 is 5.32 Å². The third-order valence-electron chi connectivity index (χ3n) is 5.39. The van der Waals surface area contributed by atoms with E-state index in [1.54, 1.807) is 24.3 Å². The van der Waals surface area contributed by atoms with Crippen LogP contribution in [-0.4, -0.2) is 10.5 Å². The lowest BCUT2D eigenvalue weighted by Gasteiger charge is -2.17. The molecule has 5 heteroatoms. The number of nitriles is 1. The van der Waals surface area contributed by atoms with Crippen molar-refractivity contribution in [2.45, 2.75) is 52.5 Å². The van der Waals surface area contributed by atoms with Gasteiger partial charge in [-0.3, -0.25) is 4.79 Å². The van der Waals surface area contributed by atoms with Gasteiger partial charge in [-0.2, -0.15) is 5.26 Å². The molecule has 4 nitrogen and oxygen atoms in total. The minimum atomic E-state index is -0.423. The van der Waals surface area contributed by atoms with E-state index in [1.165, 1.54) is 31.4 Å². The van der Waals surface area contributed by atoms with Crippen LogP contribution in [-0.2, 0) is 4.79 Å². The molecule has 1 aliphatic rings. The summed E-state index contributed by atoms with van der Waals surface area (Å²) in [7, 11) is 0. The molecular formula is C22H24ClN3O. The molecular weight excluding hydrogens is 358 g/mol. The van der Waals surface area contributed by atoms with Gasteiger partial charge >= 0.3 is 0 Å². The summed E-state index contributed by atoms with van der Waals surface area (Å²) in [5, 5.41) is 12.9. The van der Waals surface area contributed by atoms with Crippen LogP contribution in [0.15, 0.2) is 29.8 Å². The molecule has 1 aliphatic carbocycles. The summed E-state index contributed by atoms with van der Waals surface area (Å²) < 4.78 is 2.35. The predicted octanol–water partition coefficient (Wildman–Crippen LogP) is 5.73. The molecule has 0 atom stereocenters. The molecule has 0 saturated heterocycles. The lowest BCUT2D eigenvalue weighted by atomic mass is 10.1. The lowest BCUT2D eigenvalue weighted by molar-refractivity contribution is -0.112. The number of aromatic nitrogens is 1. The largest absolute Gasteiger partial charge is 0.346 e. The molecule has 0 aliphatic heterocycles. The Morgan fingerprint density at radius 1 is 1.30 bits per heavy atom. The third-order valence-corrected chi connectivity index (χ3v) is 5.80. The normalized spacial score (nSPS) is 15.0. The van der Waals surface area contributed by atoms with Crippen LogP contribution in [0.4, 0.5) is 5.69 Å². The minimum absolute atomic E-state index is 0.0843. The number of nitrogens with one attached hydrogen (secondary N) is 1. The van der Waals surface area contributed by atoms with Crippen LogP contribution in [0, 0.1) is 32.1 Å². The van der Waals surface area contributed by atoms with Crippen LogP contribution >= 0.6 is 11.6 Å². The van der Waals surface area contributed by atoms with Crippen molar-refractivity contribution in [1.29, 1.82) is 5.26 Å². The van der Waals surface area contributed by atoms with Gasteiger partial charge in [0.1, 0.15) is 11.6 Å². The van der Waals surface area contributed by atoms with E-state index in [1.807, 2.05) is 13.0 Å². The molecule has 1 amide bonds. The van der Waals surface area contributed by atoms with Crippen LogP contribution in [0.1, 0.15) is 54.2 Å². The molecule has 2 aromatic rings.